The molecule has 0 spiro atoms. The lowest BCUT2D eigenvalue weighted by Crippen LogP contribution is -2.40. The van der Waals surface area contributed by atoms with Crippen molar-refractivity contribution in [3.63, 3.8) is 0 Å². The second-order valence-corrected chi connectivity index (χ2v) is 11.6. The number of carbonyl (C=O) groups is 1. The predicted molar refractivity (Wildman–Crippen MR) is 149 cm³/mol. The van der Waals surface area contributed by atoms with Gasteiger partial charge < -0.3 is 14.4 Å². The monoisotopic (exact) mass is 528 g/mol. The van der Waals surface area contributed by atoms with Gasteiger partial charge in [-0.15, -0.1) is 0 Å². The fraction of sp³-hybridized carbons (Fsp3) is 0.467. The van der Waals surface area contributed by atoms with Gasteiger partial charge in [0.15, 0.2) is 0 Å². The number of fused-ring (bicyclic) bond motifs is 2. The van der Waals surface area contributed by atoms with Crippen molar-refractivity contribution < 1.29 is 14.3 Å². The van der Waals surface area contributed by atoms with E-state index in [1.165, 1.54) is 5.69 Å². The normalized spacial score (nSPS) is 16.5. The Balaban J connectivity index is 1.46. The maximum atomic E-state index is 13.1. The molecule has 4 aromatic rings. The van der Waals surface area contributed by atoms with Crippen molar-refractivity contribution in [2.24, 2.45) is 7.05 Å². The Kier molecular flexibility index (Phi) is 6.41. The Morgan fingerprint density at radius 2 is 1.90 bits per heavy atom. The summed E-state index contributed by atoms with van der Waals surface area (Å²) >= 11 is 0. The van der Waals surface area contributed by atoms with Crippen molar-refractivity contribution >= 4 is 16.9 Å². The van der Waals surface area contributed by atoms with E-state index in [0.717, 1.165) is 76.9 Å². The van der Waals surface area contributed by atoms with E-state index < -0.39 is 5.60 Å². The zero-order chi connectivity index (χ0) is 27.3. The maximum absolute atomic E-state index is 13.1. The van der Waals surface area contributed by atoms with Crippen LogP contribution in [0, 0.1) is 6.92 Å². The van der Waals surface area contributed by atoms with Crippen LogP contribution in [0.2, 0.25) is 0 Å². The summed E-state index contributed by atoms with van der Waals surface area (Å²) in [7, 11) is 1.91. The highest BCUT2D eigenvalue weighted by Crippen LogP contribution is 2.38. The summed E-state index contributed by atoms with van der Waals surface area (Å²) in [4.78, 5) is 19.7. The van der Waals surface area contributed by atoms with Gasteiger partial charge in [0.25, 0.3) is 0 Å². The number of aromatic nitrogens is 5. The molecule has 0 unspecified atom stereocenters. The molecule has 1 amide bonds. The zero-order valence-corrected chi connectivity index (χ0v) is 23.4. The molecule has 0 saturated carbocycles. The van der Waals surface area contributed by atoms with Gasteiger partial charge in [0, 0.05) is 73.4 Å². The lowest BCUT2D eigenvalue weighted by molar-refractivity contribution is 0.0221. The minimum atomic E-state index is -0.544. The van der Waals surface area contributed by atoms with Crippen molar-refractivity contribution in [3.8, 4) is 22.5 Å². The number of pyridine rings is 1. The number of benzene rings is 1. The molecule has 2 aliphatic rings. The molecule has 0 aliphatic carbocycles. The number of carbonyl (C=O) groups excluding carboxylic acids is 1. The molecule has 204 valence electrons. The summed E-state index contributed by atoms with van der Waals surface area (Å²) < 4.78 is 15.4. The smallest absolute Gasteiger partial charge is 0.410 e. The molecule has 9 nitrogen and oxygen atoms in total. The summed E-state index contributed by atoms with van der Waals surface area (Å²) in [6, 6.07) is 6.65. The molecule has 0 radical (unpaired) electrons. The molecular formula is C30H36N6O3. The van der Waals surface area contributed by atoms with Crippen LogP contribution in [0.3, 0.4) is 0 Å². The van der Waals surface area contributed by atoms with Crippen molar-refractivity contribution in [1.82, 2.24) is 29.4 Å². The van der Waals surface area contributed by atoms with Crippen molar-refractivity contribution in [2.45, 2.75) is 65.1 Å². The summed E-state index contributed by atoms with van der Waals surface area (Å²) in [5, 5.41) is 11.8. The fourth-order valence-corrected chi connectivity index (χ4v) is 5.80. The van der Waals surface area contributed by atoms with Gasteiger partial charge in [-0.1, -0.05) is 18.2 Å². The van der Waals surface area contributed by atoms with E-state index in [2.05, 4.69) is 34.9 Å². The first-order valence-electron chi connectivity index (χ1n) is 13.7. The quantitative estimate of drug-likeness (QED) is 0.351. The van der Waals surface area contributed by atoms with Crippen LogP contribution in [0.25, 0.3) is 33.3 Å². The molecule has 3 aromatic heterocycles. The summed E-state index contributed by atoms with van der Waals surface area (Å²) in [5.41, 5.74) is 6.76. The Bertz CT molecular complexity index is 1540. The molecule has 39 heavy (non-hydrogen) atoms. The average molecular weight is 529 g/mol. The number of ether oxygens (including phenoxy) is 2. The fourth-order valence-electron chi connectivity index (χ4n) is 5.80. The van der Waals surface area contributed by atoms with Crippen LogP contribution in [0.1, 0.15) is 56.5 Å². The molecule has 2 aliphatic heterocycles. The number of hydrogen-bond donors (Lipinski definition) is 0. The minimum absolute atomic E-state index is 0.283. The Labute approximate surface area is 228 Å². The maximum Gasteiger partial charge on any atom is 0.410 e. The highest BCUT2D eigenvalue weighted by Gasteiger charge is 2.33. The Morgan fingerprint density at radius 1 is 1.10 bits per heavy atom. The van der Waals surface area contributed by atoms with Crippen LogP contribution in [0.5, 0.6) is 0 Å². The second kappa shape index (κ2) is 9.79. The van der Waals surface area contributed by atoms with Gasteiger partial charge in [-0.3, -0.25) is 14.3 Å². The number of aryl methyl sites for hydroxylation is 2. The van der Waals surface area contributed by atoms with E-state index >= 15 is 0 Å². The minimum Gasteiger partial charge on any atom is -0.444 e. The zero-order valence-electron chi connectivity index (χ0n) is 23.4. The molecule has 1 aromatic carbocycles. The van der Waals surface area contributed by atoms with E-state index in [4.69, 9.17) is 19.6 Å². The van der Waals surface area contributed by atoms with Gasteiger partial charge in [-0.25, -0.2) is 4.79 Å². The summed E-state index contributed by atoms with van der Waals surface area (Å²) in [6.07, 6.45) is 8.13. The number of amides is 1. The van der Waals surface area contributed by atoms with Crippen LogP contribution in [0.4, 0.5) is 4.79 Å². The second-order valence-electron chi connectivity index (χ2n) is 11.6. The van der Waals surface area contributed by atoms with Gasteiger partial charge in [-0.2, -0.15) is 10.2 Å². The van der Waals surface area contributed by atoms with E-state index in [9.17, 15) is 4.79 Å². The summed E-state index contributed by atoms with van der Waals surface area (Å²) in [6.45, 7) is 10.4. The molecule has 1 fully saturated rings. The number of rotatable bonds is 3. The third kappa shape index (κ3) is 4.80. The predicted octanol–water partition coefficient (Wildman–Crippen LogP) is 5.45. The van der Waals surface area contributed by atoms with Gasteiger partial charge in [-0.05, 0) is 51.5 Å². The Morgan fingerprint density at radius 3 is 2.62 bits per heavy atom. The molecule has 9 heteroatoms. The Hall–Kier alpha value is -3.72. The lowest BCUT2D eigenvalue weighted by atomic mass is 9.95. The largest absolute Gasteiger partial charge is 0.444 e. The van der Waals surface area contributed by atoms with Gasteiger partial charge in [0.2, 0.25) is 0 Å². The molecule has 6 rings (SSSR count). The third-order valence-electron chi connectivity index (χ3n) is 7.70. The van der Waals surface area contributed by atoms with Crippen molar-refractivity contribution in [2.75, 3.05) is 19.8 Å². The SMILES string of the molecule is Cc1c(-c2cnn(C)c2)ncc2c(-c3nn(C4CCOCC4)c4c3CN(C(=O)OC(C)(C)C)CC4)cccc12. The van der Waals surface area contributed by atoms with Crippen LogP contribution < -0.4 is 0 Å². The highest BCUT2D eigenvalue weighted by molar-refractivity contribution is 5.99. The molecule has 0 atom stereocenters. The van der Waals surface area contributed by atoms with E-state index in [0.29, 0.717) is 19.1 Å². The van der Waals surface area contributed by atoms with E-state index in [1.807, 2.05) is 51.3 Å². The third-order valence-corrected chi connectivity index (χ3v) is 7.70. The highest BCUT2D eigenvalue weighted by atomic mass is 16.6. The molecule has 1 saturated heterocycles. The molecule has 0 bridgehead atoms. The molecule has 5 heterocycles. The first-order chi connectivity index (χ1) is 18.7. The van der Waals surface area contributed by atoms with Gasteiger partial charge in [0.05, 0.1) is 30.2 Å². The van der Waals surface area contributed by atoms with E-state index in [-0.39, 0.29) is 6.09 Å². The topological polar surface area (TPSA) is 87.3 Å². The van der Waals surface area contributed by atoms with E-state index in [1.54, 1.807) is 4.68 Å². The van der Waals surface area contributed by atoms with Crippen LogP contribution >= 0.6 is 0 Å². The first-order valence-corrected chi connectivity index (χ1v) is 13.7. The first kappa shape index (κ1) is 25.6. The van der Waals surface area contributed by atoms with Crippen molar-refractivity contribution in [1.29, 1.82) is 0 Å². The van der Waals surface area contributed by atoms with Crippen LogP contribution in [-0.4, -0.2) is 60.9 Å². The lowest BCUT2D eigenvalue weighted by Gasteiger charge is -2.31. The van der Waals surface area contributed by atoms with Crippen molar-refractivity contribution in [3.05, 3.63) is 53.6 Å². The molecular weight excluding hydrogens is 492 g/mol. The summed E-state index contributed by atoms with van der Waals surface area (Å²) in [5.74, 6) is 0. The number of hydrogen-bond acceptors (Lipinski definition) is 6. The number of nitrogens with zero attached hydrogens (tertiary/aromatic N) is 6. The average Bonchev–Trinajstić information content (AvgIpc) is 3.51. The standard InChI is InChI=1S/C30H36N6O3/c1-19-22-7-6-8-23(24(22)16-31-27(19)20-15-32-34(5)17-20)28-25-18-35(29(37)39-30(2,3)4)12-9-26(25)36(33-28)21-10-13-38-14-11-21/h6-8,15-17,21H,9-14,18H2,1-5H3. The van der Waals surface area contributed by atoms with Crippen LogP contribution in [-0.2, 0) is 29.5 Å². The molecule has 0 N–H and O–H groups in total. The van der Waals surface area contributed by atoms with Crippen LogP contribution in [0.15, 0.2) is 36.8 Å². The van der Waals surface area contributed by atoms with Gasteiger partial charge >= 0.3 is 6.09 Å². The van der Waals surface area contributed by atoms with Gasteiger partial charge in [0.1, 0.15) is 5.60 Å².